The fourth-order valence-electron chi connectivity index (χ4n) is 2.55. The van der Waals surface area contributed by atoms with Crippen LogP contribution in [0.15, 0.2) is 0 Å². The van der Waals surface area contributed by atoms with Gasteiger partial charge < -0.3 is 15.4 Å². The van der Waals surface area contributed by atoms with Crippen molar-refractivity contribution in [2.45, 2.75) is 25.3 Å². The van der Waals surface area contributed by atoms with Crippen LogP contribution in [0.1, 0.15) is 19.3 Å². The lowest BCUT2D eigenvalue weighted by atomic mass is 10.1. The Bertz CT molecular complexity index is 426. The molecule has 2 aliphatic heterocycles. The molecule has 2 aliphatic rings. The standard InChI is InChI=1S/C12H23N3O4S/c1-20(17,18)15-5-2-11(3-6-15)14-12(16)13-8-10-4-7-19-9-10/h10-11H,2-9H2,1H3,(H2,13,14,16). The molecule has 0 saturated carbocycles. The Morgan fingerprint density at radius 2 is 2.00 bits per heavy atom. The molecule has 2 rings (SSSR count). The van der Waals surface area contributed by atoms with E-state index in [1.54, 1.807) is 0 Å². The molecule has 7 nitrogen and oxygen atoms in total. The van der Waals surface area contributed by atoms with Gasteiger partial charge in [-0.05, 0) is 19.3 Å². The fourth-order valence-corrected chi connectivity index (χ4v) is 3.42. The zero-order valence-corrected chi connectivity index (χ0v) is 12.6. The lowest BCUT2D eigenvalue weighted by Gasteiger charge is -2.30. The lowest BCUT2D eigenvalue weighted by Crippen LogP contribution is -2.49. The van der Waals surface area contributed by atoms with Crippen molar-refractivity contribution in [2.24, 2.45) is 5.92 Å². The van der Waals surface area contributed by atoms with Crippen LogP contribution in [0.4, 0.5) is 4.79 Å². The van der Waals surface area contributed by atoms with Crippen LogP contribution in [0, 0.1) is 5.92 Å². The van der Waals surface area contributed by atoms with Crippen LogP contribution in [-0.2, 0) is 14.8 Å². The third kappa shape index (κ3) is 4.60. The van der Waals surface area contributed by atoms with Crippen molar-refractivity contribution in [3.05, 3.63) is 0 Å². The highest BCUT2D eigenvalue weighted by Gasteiger charge is 2.26. The molecule has 0 aliphatic carbocycles. The van der Waals surface area contributed by atoms with Gasteiger partial charge >= 0.3 is 6.03 Å². The van der Waals surface area contributed by atoms with Gasteiger partial charge in [0.25, 0.3) is 0 Å². The maximum atomic E-state index is 11.8. The number of hydrogen-bond acceptors (Lipinski definition) is 4. The summed E-state index contributed by atoms with van der Waals surface area (Å²) in [4.78, 5) is 11.8. The number of sulfonamides is 1. The first-order chi connectivity index (χ1) is 9.45. The number of ether oxygens (including phenoxy) is 1. The molecule has 2 saturated heterocycles. The van der Waals surface area contributed by atoms with E-state index < -0.39 is 10.0 Å². The van der Waals surface area contributed by atoms with Crippen LogP contribution in [-0.4, -0.2) is 63.9 Å². The summed E-state index contributed by atoms with van der Waals surface area (Å²) in [6.45, 7) is 3.07. The minimum atomic E-state index is -3.11. The first-order valence-corrected chi connectivity index (χ1v) is 8.87. The summed E-state index contributed by atoms with van der Waals surface area (Å²) in [6.07, 6.45) is 3.53. The third-order valence-electron chi connectivity index (χ3n) is 3.83. The number of amides is 2. The van der Waals surface area contributed by atoms with Crippen LogP contribution >= 0.6 is 0 Å². The van der Waals surface area contributed by atoms with Gasteiger partial charge in [0, 0.05) is 38.2 Å². The van der Waals surface area contributed by atoms with Gasteiger partial charge in [-0.15, -0.1) is 0 Å². The summed E-state index contributed by atoms with van der Waals surface area (Å²) in [6, 6.07) is -0.123. The summed E-state index contributed by atoms with van der Waals surface area (Å²) >= 11 is 0. The Morgan fingerprint density at radius 3 is 2.55 bits per heavy atom. The van der Waals surface area contributed by atoms with Crippen LogP contribution < -0.4 is 10.6 Å². The number of nitrogens with zero attached hydrogens (tertiary/aromatic N) is 1. The zero-order valence-electron chi connectivity index (χ0n) is 11.8. The van der Waals surface area contributed by atoms with Crippen LogP contribution in [0.3, 0.4) is 0 Å². The zero-order chi connectivity index (χ0) is 14.6. The van der Waals surface area contributed by atoms with E-state index in [9.17, 15) is 13.2 Å². The Labute approximate surface area is 120 Å². The van der Waals surface area contributed by atoms with E-state index >= 15 is 0 Å². The molecule has 0 aromatic carbocycles. The summed E-state index contributed by atoms with van der Waals surface area (Å²) in [5.41, 5.74) is 0. The number of hydrogen-bond donors (Lipinski definition) is 2. The number of carbonyl (C=O) groups excluding carboxylic acids is 1. The van der Waals surface area contributed by atoms with Crippen molar-refractivity contribution < 1.29 is 17.9 Å². The molecule has 0 radical (unpaired) electrons. The fraction of sp³-hybridized carbons (Fsp3) is 0.917. The van der Waals surface area contributed by atoms with Gasteiger partial charge in [0.15, 0.2) is 0 Å². The normalized spacial score (nSPS) is 25.6. The highest BCUT2D eigenvalue weighted by Crippen LogP contribution is 2.13. The van der Waals surface area contributed by atoms with Gasteiger partial charge in [-0.1, -0.05) is 0 Å². The minimum Gasteiger partial charge on any atom is -0.381 e. The SMILES string of the molecule is CS(=O)(=O)N1CCC(NC(=O)NCC2CCOC2)CC1. The quantitative estimate of drug-likeness (QED) is 0.749. The number of carbonyl (C=O) groups is 1. The monoisotopic (exact) mass is 305 g/mol. The van der Waals surface area contributed by atoms with E-state index in [0.717, 1.165) is 13.0 Å². The van der Waals surface area contributed by atoms with Crippen molar-refractivity contribution in [2.75, 3.05) is 39.1 Å². The molecular formula is C12H23N3O4S. The molecule has 0 aromatic heterocycles. The van der Waals surface area contributed by atoms with Crippen LogP contribution in [0.5, 0.6) is 0 Å². The molecular weight excluding hydrogens is 282 g/mol. The topological polar surface area (TPSA) is 87.7 Å². The molecule has 0 spiro atoms. The molecule has 2 amide bonds. The lowest BCUT2D eigenvalue weighted by molar-refractivity contribution is 0.184. The van der Waals surface area contributed by atoms with Crippen molar-refractivity contribution in [1.29, 1.82) is 0 Å². The van der Waals surface area contributed by atoms with E-state index in [0.29, 0.717) is 45.0 Å². The third-order valence-corrected chi connectivity index (χ3v) is 5.14. The number of urea groups is 1. The predicted molar refractivity (Wildman–Crippen MR) is 74.9 cm³/mol. The molecule has 2 fully saturated rings. The first-order valence-electron chi connectivity index (χ1n) is 7.02. The smallest absolute Gasteiger partial charge is 0.315 e. The van der Waals surface area contributed by atoms with E-state index in [-0.39, 0.29) is 12.1 Å². The molecule has 8 heteroatoms. The van der Waals surface area contributed by atoms with Crippen molar-refractivity contribution in [3.8, 4) is 0 Å². The summed E-state index contributed by atoms with van der Waals surface area (Å²) in [7, 11) is -3.11. The van der Waals surface area contributed by atoms with Gasteiger partial charge in [0.05, 0.1) is 12.9 Å². The highest BCUT2D eigenvalue weighted by atomic mass is 32.2. The Hall–Kier alpha value is -0.860. The largest absolute Gasteiger partial charge is 0.381 e. The molecule has 0 bridgehead atoms. The summed E-state index contributed by atoms with van der Waals surface area (Å²) in [5, 5.41) is 5.75. The number of piperidine rings is 1. The summed E-state index contributed by atoms with van der Waals surface area (Å²) < 4.78 is 29.5. The van der Waals surface area contributed by atoms with E-state index in [1.807, 2.05) is 0 Å². The molecule has 1 unspecified atom stereocenters. The first kappa shape index (κ1) is 15.5. The minimum absolute atomic E-state index is 0.0489. The second kappa shape index (κ2) is 6.73. The Balaban J connectivity index is 1.65. The van der Waals surface area contributed by atoms with E-state index in [1.165, 1.54) is 10.6 Å². The predicted octanol–water partition coefficient (Wildman–Crippen LogP) is -0.254. The molecule has 20 heavy (non-hydrogen) atoms. The van der Waals surface area contributed by atoms with Crippen molar-refractivity contribution in [1.82, 2.24) is 14.9 Å². The Kier molecular flexibility index (Phi) is 5.22. The van der Waals surface area contributed by atoms with Crippen molar-refractivity contribution >= 4 is 16.1 Å². The van der Waals surface area contributed by atoms with Gasteiger partial charge in [-0.25, -0.2) is 17.5 Å². The average Bonchev–Trinajstić information content (AvgIpc) is 2.89. The van der Waals surface area contributed by atoms with Gasteiger partial charge in [0.2, 0.25) is 10.0 Å². The highest BCUT2D eigenvalue weighted by molar-refractivity contribution is 7.88. The Morgan fingerprint density at radius 1 is 1.30 bits per heavy atom. The van der Waals surface area contributed by atoms with Gasteiger partial charge in [-0.2, -0.15) is 0 Å². The van der Waals surface area contributed by atoms with Gasteiger partial charge in [-0.3, -0.25) is 0 Å². The number of nitrogens with one attached hydrogen (secondary N) is 2. The molecule has 0 aromatic rings. The van der Waals surface area contributed by atoms with Crippen molar-refractivity contribution in [3.63, 3.8) is 0 Å². The van der Waals surface area contributed by atoms with Gasteiger partial charge in [0.1, 0.15) is 0 Å². The van der Waals surface area contributed by atoms with E-state index in [2.05, 4.69) is 10.6 Å². The van der Waals surface area contributed by atoms with Crippen LogP contribution in [0.25, 0.3) is 0 Å². The second-order valence-corrected chi connectivity index (χ2v) is 7.50. The molecule has 2 N–H and O–H groups in total. The van der Waals surface area contributed by atoms with Crippen LogP contribution in [0.2, 0.25) is 0 Å². The molecule has 1 atom stereocenters. The maximum absolute atomic E-state index is 11.8. The summed E-state index contributed by atoms with van der Waals surface area (Å²) in [5.74, 6) is 0.410. The van der Waals surface area contributed by atoms with E-state index in [4.69, 9.17) is 4.74 Å². The maximum Gasteiger partial charge on any atom is 0.315 e. The second-order valence-electron chi connectivity index (χ2n) is 5.52. The number of rotatable bonds is 4. The average molecular weight is 305 g/mol. The molecule has 2 heterocycles. The molecule has 116 valence electrons.